The molecule has 0 amide bonds. The van der Waals surface area contributed by atoms with Gasteiger partial charge < -0.3 is 14.2 Å². The molecule has 0 aliphatic carbocycles. The highest BCUT2D eigenvalue weighted by Crippen LogP contribution is 2.39. The second-order valence-corrected chi connectivity index (χ2v) is 5.86. The summed E-state index contributed by atoms with van der Waals surface area (Å²) in [6.07, 6.45) is -0.620. The van der Waals surface area contributed by atoms with Gasteiger partial charge in [0.05, 0.1) is 25.5 Å². The number of hydrogen-bond acceptors (Lipinski definition) is 7. The Morgan fingerprint density at radius 1 is 1.31 bits per heavy atom. The summed E-state index contributed by atoms with van der Waals surface area (Å²) < 4.78 is 30.0. The molecule has 9 nitrogen and oxygen atoms in total. The Balaban J connectivity index is 2.47. The third-order valence-corrected chi connectivity index (χ3v) is 4.05. The first kappa shape index (κ1) is 19.8. The first-order valence-electron chi connectivity index (χ1n) is 8.29. The maximum atomic E-state index is 13.7. The van der Waals surface area contributed by atoms with Gasteiger partial charge in [0.1, 0.15) is 6.23 Å². The van der Waals surface area contributed by atoms with Gasteiger partial charge in [-0.05, 0) is 27.2 Å². The number of aromatic nitrogens is 2. The van der Waals surface area contributed by atoms with Crippen molar-refractivity contribution in [3.8, 4) is 0 Å². The maximum Gasteiger partial charge on any atom is 0.330 e. The van der Waals surface area contributed by atoms with Crippen LogP contribution in [0, 0.1) is 17.7 Å². The van der Waals surface area contributed by atoms with Crippen LogP contribution in [0.15, 0.2) is 15.8 Å². The fourth-order valence-electron chi connectivity index (χ4n) is 3.03. The van der Waals surface area contributed by atoms with Gasteiger partial charge in [0, 0.05) is 5.92 Å². The smallest absolute Gasteiger partial charge is 0.330 e. The monoisotopic (exact) mass is 372 g/mol. The van der Waals surface area contributed by atoms with E-state index in [0.29, 0.717) is 6.20 Å². The van der Waals surface area contributed by atoms with Crippen molar-refractivity contribution in [2.24, 2.45) is 11.8 Å². The number of aromatic amines is 1. The zero-order chi connectivity index (χ0) is 19.4. The first-order valence-corrected chi connectivity index (χ1v) is 8.29. The Kier molecular flexibility index (Phi) is 6.30. The quantitative estimate of drug-likeness (QED) is 0.565. The lowest BCUT2D eigenvalue weighted by atomic mass is 9.88. The second kappa shape index (κ2) is 8.26. The van der Waals surface area contributed by atoms with Gasteiger partial charge >= 0.3 is 17.6 Å². The predicted molar refractivity (Wildman–Crippen MR) is 85.7 cm³/mol. The van der Waals surface area contributed by atoms with E-state index in [4.69, 9.17) is 14.2 Å². The molecule has 0 bridgehead atoms. The van der Waals surface area contributed by atoms with E-state index in [1.54, 1.807) is 20.8 Å². The van der Waals surface area contributed by atoms with E-state index in [9.17, 15) is 23.6 Å². The molecule has 1 aliphatic heterocycles. The van der Waals surface area contributed by atoms with Gasteiger partial charge in [0.25, 0.3) is 5.56 Å². The number of carbonyl (C=O) groups excluding carboxylic acids is 2. The predicted octanol–water partition coefficient (Wildman–Crippen LogP) is 0.342. The number of nitrogens with zero attached hydrogens (tertiary/aromatic N) is 1. The van der Waals surface area contributed by atoms with Crippen LogP contribution in [-0.2, 0) is 23.8 Å². The van der Waals surface area contributed by atoms with E-state index in [1.807, 2.05) is 4.98 Å². The molecule has 1 aromatic rings. The molecular formula is C16H21FN2O7. The van der Waals surface area contributed by atoms with Crippen molar-refractivity contribution >= 4 is 11.9 Å². The molecule has 26 heavy (non-hydrogen) atoms. The Labute approximate surface area is 148 Å². The first-order chi connectivity index (χ1) is 12.3. The lowest BCUT2D eigenvalue weighted by Gasteiger charge is -2.25. The van der Waals surface area contributed by atoms with Gasteiger partial charge in [-0.3, -0.25) is 23.9 Å². The number of nitrogens with one attached hydrogen (secondary N) is 1. The lowest BCUT2D eigenvalue weighted by molar-refractivity contribution is -0.167. The molecule has 1 N–H and O–H groups in total. The van der Waals surface area contributed by atoms with Crippen molar-refractivity contribution in [2.75, 3.05) is 13.2 Å². The third kappa shape index (κ3) is 4.01. The van der Waals surface area contributed by atoms with Crippen molar-refractivity contribution in [3.63, 3.8) is 0 Å². The Bertz CT molecular complexity index is 770. The molecule has 0 saturated carbocycles. The van der Waals surface area contributed by atoms with Crippen LogP contribution in [0.1, 0.15) is 33.4 Å². The zero-order valence-electron chi connectivity index (χ0n) is 14.7. The van der Waals surface area contributed by atoms with Crippen LogP contribution >= 0.6 is 0 Å². The Morgan fingerprint density at radius 3 is 2.42 bits per heavy atom. The number of H-pyrrole nitrogens is 1. The summed E-state index contributed by atoms with van der Waals surface area (Å²) in [4.78, 5) is 49.8. The van der Waals surface area contributed by atoms with Crippen LogP contribution < -0.4 is 11.2 Å². The molecule has 0 radical (unpaired) electrons. The number of carbonyl (C=O) groups is 2. The highest BCUT2D eigenvalue weighted by Gasteiger charge is 2.48. The number of hydrogen-bond donors (Lipinski definition) is 1. The van der Waals surface area contributed by atoms with Gasteiger partial charge in [0.2, 0.25) is 5.82 Å². The molecule has 0 spiro atoms. The van der Waals surface area contributed by atoms with Crippen LogP contribution in [0.3, 0.4) is 0 Å². The Morgan fingerprint density at radius 2 is 1.88 bits per heavy atom. The molecule has 0 unspecified atom stereocenters. The molecular weight excluding hydrogens is 351 g/mol. The summed E-state index contributed by atoms with van der Waals surface area (Å²) in [6.45, 7) is 4.97. The van der Waals surface area contributed by atoms with E-state index in [0.717, 1.165) is 4.57 Å². The summed E-state index contributed by atoms with van der Waals surface area (Å²) >= 11 is 0. The van der Waals surface area contributed by atoms with Crippen LogP contribution in [0.5, 0.6) is 0 Å². The van der Waals surface area contributed by atoms with Crippen molar-refractivity contribution in [2.45, 2.75) is 39.5 Å². The minimum absolute atomic E-state index is 0.0514. The summed E-state index contributed by atoms with van der Waals surface area (Å²) in [5.74, 6) is -4.97. The second-order valence-electron chi connectivity index (χ2n) is 5.86. The van der Waals surface area contributed by atoms with E-state index >= 15 is 0 Å². The van der Waals surface area contributed by atoms with Crippen LogP contribution in [0.2, 0.25) is 0 Å². The molecule has 1 fully saturated rings. The highest BCUT2D eigenvalue weighted by atomic mass is 19.1. The molecule has 3 atom stereocenters. The average Bonchev–Trinajstić information content (AvgIpc) is 2.92. The molecule has 2 rings (SSSR count). The van der Waals surface area contributed by atoms with Gasteiger partial charge in [-0.15, -0.1) is 0 Å². The summed E-state index contributed by atoms with van der Waals surface area (Å²) in [5, 5.41) is 0. The largest absolute Gasteiger partial charge is 0.465 e. The van der Waals surface area contributed by atoms with Gasteiger partial charge in [-0.1, -0.05) is 0 Å². The van der Waals surface area contributed by atoms with E-state index in [2.05, 4.69) is 0 Å². The van der Waals surface area contributed by atoms with Crippen molar-refractivity contribution in [1.29, 1.82) is 0 Å². The summed E-state index contributed by atoms with van der Waals surface area (Å²) in [5.41, 5.74) is -2.08. The lowest BCUT2D eigenvalue weighted by Crippen LogP contribution is -2.41. The fourth-order valence-corrected chi connectivity index (χ4v) is 3.03. The minimum atomic E-state index is -1.34. The average molecular weight is 372 g/mol. The van der Waals surface area contributed by atoms with Crippen LogP contribution in [0.4, 0.5) is 4.39 Å². The fraction of sp³-hybridized carbons (Fsp3) is 0.625. The number of ether oxygens (including phenoxy) is 3. The number of rotatable bonds is 6. The third-order valence-electron chi connectivity index (χ3n) is 4.05. The number of halogens is 1. The van der Waals surface area contributed by atoms with E-state index in [-0.39, 0.29) is 19.6 Å². The van der Waals surface area contributed by atoms with Crippen molar-refractivity contribution in [1.82, 2.24) is 9.55 Å². The van der Waals surface area contributed by atoms with Gasteiger partial charge in [0.15, 0.2) is 5.92 Å². The van der Waals surface area contributed by atoms with E-state index < -0.39 is 53.2 Å². The van der Waals surface area contributed by atoms with Gasteiger partial charge in [-0.25, -0.2) is 4.79 Å². The van der Waals surface area contributed by atoms with Crippen LogP contribution in [0.25, 0.3) is 0 Å². The topological polar surface area (TPSA) is 117 Å². The summed E-state index contributed by atoms with van der Waals surface area (Å²) in [6, 6.07) is 0. The maximum absolute atomic E-state index is 13.7. The summed E-state index contributed by atoms with van der Waals surface area (Å²) in [7, 11) is 0. The Hall–Kier alpha value is -2.49. The SMILES string of the molecule is CCOC(=O)C(C(=O)OCC)[C@@H]1C[C@@H](C)O[C@H]1n1cc(F)c(=O)[nH]c1=O. The zero-order valence-corrected chi connectivity index (χ0v) is 14.7. The van der Waals surface area contributed by atoms with Crippen molar-refractivity contribution in [3.05, 3.63) is 32.9 Å². The standard InChI is InChI=1S/C16H21FN2O7/c1-4-24-14(21)11(15(22)25-5-2)9-6-8(3)26-13(9)19-7-10(17)12(20)18-16(19)23/h7-9,11,13H,4-6H2,1-3H3,(H,18,20,23)/t8-,9+,13-/m1/s1. The van der Waals surface area contributed by atoms with Crippen molar-refractivity contribution < 1.29 is 28.2 Å². The van der Waals surface area contributed by atoms with Gasteiger partial charge in [-0.2, -0.15) is 4.39 Å². The molecule has 10 heteroatoms. The number of esters is 2. The van der Waals surface area contributed by atoms with E-state index in [1.165, 1.54) is 0 Å². The molecule has 2 heterocycles. The molecule has 144 valence electrons. The highest BCUT2D eigenvalue weighted by molar-refractivity contribution is 5.95. The molecule has 1 saturated heterocycles. The normalized spacial score (nSPS) is 22.4. The minimum Gasteiger partial charge on any atom is -0.465 e. The molecule has 1 aromatic heterocycles. The van der Waals surface area contributed by atoms with Crippen LogP contribution in [-0.4, -0.2) is 40.8 Å². The molecule has 1 aliphatic rings. The molecule has 0 aromatic carbocycles.